The van der Waals surface area contributed by atoms with Crippen LogP contribution in [-0.2, 0) is 25.5 Å². The smallest absolute Gasteiger partial charge is 0.337 e. The fourth-order valence-corrected chi connectivity index (χ4v) is 5.10. The van der Waals surface area contributed by atoms with E-state index in [4.69, 9.17) is 19.2 Å². The molecule has 3 atom stereocenters. The number of hydrogen-bond acceptors (Lipinski definition) is 8. The molecule has 33 heavy (non-hydrogen) atoms. The first-order chi connectivity index (χ1) is 15.9. The molecule has 0 saturated carbocycles. The van der Waals surface area contributed by atoms with Crippen molar-refractivity contribution in [2.45, 2.75) is 47.0 Å². The molecule has 1 aromatic rings. The quantitative estimate of drug-likeness (QED) is 0.458. The average molecular weight is 457 g/mol. The standard InChI is InChI=1S/C25H36N4O4/c1-6-32-25-23-19(7-8-20(23)21(15-33-25)24(30)31-5)13-28-9-11-29(12-10-28)14-22-18(4)26-16(2)17(3)27-22/h7,15,20,23,25H,6,8-14H2,1-5H3/t20-,23?,25-/m0/s1. The van der Waals surface area contributed by atoms with Gasteiger partial charge < -0.3 is 14.2 Å². The van der Waals surface area contributed by atoms with Crippen LogP contribution in [0.5, 0.6) is 0 Å². The molecule has 0 N–H and O–H groups in total. The zero-order chi connectivity index (χ0) is 23.5. The third kappa shape index (κ3) is 5.13. The van der Waals surface area contributed by atoms with Crippen molar-refractivity contribution in [1.29, 1.82) is 0 Å². The summed E-state index contributed by atoms with van der Waals surface area (Å²) in [6, 6.07) is 0. The molecule has 8 heteroatoms. The number of aromatic nitrogens is 2. The van der Waals surface area contributed by atoms with Crippen LogP contribution in [0.2, 0.25) is 0 Å². The molecule has 4 rings (SSSR count). The molecule has 1 aliphatic carbocycles. The summed E-state index contributed by atoms with van der Waals surface area (Å²) in [5.41, 5.74) is 6.03. The van der Waals surface area contributed by atoms with Crippen molar-refractivity contribution in [2.75, 3.05) is 46.4 Å². The molecule has 1 aromatic heterocycles. The molecule has 1 fully saturated rings. The Labute approximate surface area is 196 Å². The molecular weight excluding hydrogens is 420 g/mol. The molecule has 3 aliphatic rings. The number of aryl methyl sites for hydroxylation is 3. The van der Waals surface area contributed by atoms with E-state index >= 15 is 0 Å². The highest BCUT2D eigenvalue weighted by Gasteiger charge is 2.45. The number of carbonyl (C=O) groups excluding carboxylic acids is 1. The van der Waals surface area contributed by atoms with Gasteiger partial charge in [-0.3, -0.25) is 19.8 Å². The molecule has 0 bridgehead atoms. The summed E-state index contributed by atoms with van der Waals surface area (Å²) in [4.78, 5) is 26.6. The topological polar surface area (TPSA) is 77.0 Å². The Morgan fingerprint density at radius 3 is 2.39 bits per heavy atom. The maximum Gasteiger partial charge on any atom is 0.337 e. The maximum absolute atomic E-state index is 12.3. The minimum atomic E-state index is -0.352. The Kier molecular flexibility index (Phi) is 7.46. The molecule has 3 heterocycles. The molecule has 0 amide bonds. The van der Waals surface area contributed by atoms with Crippen LogP contribution >= 0.6 is 0 Å². The number of hydrogen-bond donors (Lipinski definition) is 0. The van der Waals surface area contributed by atoms with Crippen LogP contribution in [0, 0.1) is 32.6 Å². The Balaban J connectivity index is 1.36. The minimum absolute atomic E-state index is 0.0514. The molecule has 0 radical (unpaired) electrons. The monoisotopic (exact) mass is 456 g/mol. The zero-order valence-electron chi connectivity index (χ0n) is 20.5. The molecule has 0 spiro atoms. The van der Waals surface area contributed by atoms with Crippen molar-refractivity contribution in [3.05, 3.63) is 46.3 Å². The van der Waals surface area contributed by atoms with Crippen molar-refractivity contribution in [3.8, 4) is 0 Å². The highest BCUT2D eigenvalue weighted by Crippen LogP contribution is 2.44. The van der Waals surface area contributed by atoms with Gasteiger partial charge in [0.15, 0.2) is 0 Å². The lowest BCUT2D eigenvalue weighted by atomic mass is 9.83. The van der Waals surface area contributed by atoms with Crippen molar-refractivity contribution < 1.29 is 19.0 Å². The van der Waals surface area contributed by atoms with Crippen molar-refractivity contribution in [3.63, 3.8) is 0 Å². The first-order valence-corrected chi connectivity index (χ1v) is 11.9. The average Bonchev–Trinajstić information content (AvgIpc) is 3.22. The molecule has 1 saturated heterocycles. The highest BCUT2D eigenvalue weighted by atomic mass is 16.7. The fourth-order valence-electron chi connectivity index (χ4n) is 5.10. The molecule has 8 nitrogen and oxygen atoms in total. The van der Waals surface area contributed by atoms with Crippen LogP contribution in [0.4, 0.5) is 0 Å². The second-order valence-corrected chi connectivity index (χ2v) is 9.15. The largest absolute Gasteiger partial charge is 0.471 e. The molecule has 180 valence electrons. The van der Waals surface area contributed by atoms with Crippen molar-refractivity contribution in [2.24, 2.45) is 11.8 Å². The molecule has 0 aromatic carbocycles. The van der Waals surface area contributed by atoms with Gasteiger partial charge >= 0.3 is 5.97 Å². The lowest BCUT2D eigenvalue weighted by molar-refractivity contribution is -0.153. The van der Waals surface area contributed by atoms with Gasteiger partial charge in [-0.15, -0.1) is 0 Å². The molecular formula is C25H36N4O4. The number of allylic oxidation sites excluding steroid dienone is 1. The molecule has 2 aliphatic heterocycles. The number of ether oxygens (including phenoxy) is 3. The Bertz CT molecular complexity index is 937. The summed E-state index contributed by atoms with van der Waals surface area (Å²) in [5.74, 6) is -0.200. The van der Waals surface area contributed by atoms with Gasteiger partial charge in [0.1, 0.15) is 0 Å². The van der Waals surface area contributed by atoms with E-state index < -0.39 is 0 Å². The Hall–Kier alpha value is -2.29. The Morgan fingerprint density at radius 2 is 1.73 bits per heavy atom. The summed E-state index contributed by atoms with van der Waals surface area (Å²) < 4.78 is 16.7. The van der Waals surface area contributed by atoms with E-state index in [0.29, 0.717) is 12.2 Å². The van der Waals surface area contributed by atoms with Gasteiger partial charge in [-0.1, -0.05) is 11.6 Å². The molecule has 1 unspecified atom stereocenters. The maximum atomic E-state index is 12.3. The predicted molar refractivity (Wildman–Crippen MR) is 124 cm³/mol. The van der Waals surface area contributed by atoms with E-state index in [0.717, 1.165) is 68.5 Å². The Morgan fingerprint density at radius 1 is 1.06 bits per heavy atom. The van der Waals surface area contributed by atoms with Gasteiger partial charge in [0, 0.05) is 51.8 Å². The number of fused-ring (bicyclic) bond motifs is 1. The number of esters is 1. The van der Waals surface area contributed by atoms with E-state index in [1.165, 1.54) is 12.7 Å². The van der Waals surface area contributed by atoms with Gasteiger partial charge in [-0.2, -0.15) is 0 Å². The number of methoxy groups -OCH3 is 1. The second-order valence-electron chi connectivity index (χ2n) is 9.15. The first kappa shape index (κ1) is 23.9. The summed E-state index contributed by atoms with van der Waals surface area (Å²) in [5, 5.41) is 0. The van der Waals surface area contributed by atoms with Crippen LogP contribution in [0.25, 0.3) is 0 Å². The summed E-state index contributed by atoms with van der Waals surface area (Å²) in [6.45, 7) is 14.3. The number of nitrogens with zero attached hydrogens (tertiary/aromatic N) is 4. The summed E-state index contributed by atoms with van der Waals surface area (Å²) >= 11 is 0. The van der Waals surface area contributed by atoms with Crippen LogP contribution in [0.1, 0.15) is 36.1 Å². The number of carbonyl (C=O) groups is 1. The van der Waals surface area contributed by atoms with Crippen molar-refractivity contribution in [1.82, 2.24) is 19.8 Å². The fraction of sp³-hybridized carbons (Fsp3) is 0.640. The summed E-state index contributed by atoms with van der Waals surface area (Å²) in [6.07, 6.45) is 4.28. The second kappa shape index (κ2) is 10.3. The lowest BCUT2D eigenvalue weighted by Crippen LogP contribution is -2.47. The van der Waals surface area contributed by atoms with Crippen LogP contribution in [-0.4, -0.2) is 78.5 Å². The van der Waals surface area contributed by atoms with Gasteiger partial charge in [0.25, 0.3) is 0 Å². The number of piperazine rings is 1. The van der Waals surface area contributed by atoms with Gasteiger partial charge in [-0.25, -0.2) is 4.79 Å². The van der Waals surface area contributed by atoms with E-state index in [1.807, 2.05) is 27.7 Å². The zero-order valence-corrected chi connectivity index (χ0v) is 20.5. The van der Waals surface area contributed by atoms with Crippen LogP contribution < -0.4 is 0 Å². The third-order valence-electron chi connectivity index (χ3n) is 7.09. The highest BCUT2D eigenvalue weighted by molar-refractivity contribution is 5.89. The first-order valence-electron chi connectivity index (χ1n) is 11.9. The van der Waals surface area contributed by atoms with Crippen LogP contribution in [0.15, 0.2) is 23.5 Å². The van der Waals surface area contributed by atoms with Crippen LogP contribution in [0.3, 0.4) is 0 Å². The normalized spacial score (nSPS) is 25.8. The van der Waals surface area contributed by atoms with Gasteiger partial charge in [0.2, 0.25) is 6.29 Å². The summed E-state index contributed by atoms with van der Waals surface area (Å²) in [7, 11) is 1.42. The SMILES string of the molecule is CCO[C@H]1OC=C(C(=O)OC)[C@@H]2CC=C(CN3CCN(Cc4nc(C)c(C)nc4C)CC3)C12. The number of rotatable bonds is 7. The van der Waals surface area contributed by atoms with Gasteiger partial charge in [-0.05, 0) is 34.1 Å². The lowest BCUT2D eigenvalue weighted by Gasteiger charge is -2.38. The van der Waals surface area contributed by atoms with E-state index in [2.05, 4.69) is 20.9 Å². The van der Waals surface area contributed by atoms with E-state index in [-0.39, 0.29) is 24.1 Å². The van der Waals surface area contributed by atoms with Gasteiger partial charge in [0.05, 0.1) is 47.6 Å². The van der Waals surface area contributed by atoms with E-state index in [1.54, 1.807) is 6.26 Å². The third-order valence-corrected chi connectivity index (χ3v) is 7.09. The minimum Gasteiger partial charge on any atom is -0.471 e. The predicted octanol–water partition coefficient (Wildman–Crippen LogP) is 2.53. The van der Waals surface area contributed by atoms with E-state index in [9.17, 15) is 4.79 Å². The van der Waals surface area contributed by atoms with Crippen molar-refractivity contribution >= 4 is 5.97 Å².